The van der Waals surface area contributed by atoms with Gasteiger partial charge in [-0.15, -0.1) is 0 Å². The van der Waals surface area contributed by atoms with E-state index >= 15 is 0 Å². The van der Waals surface area contributed by atoms with Crippen LogP contribution in [0.15, 0.2) is 72.8 Å². The van der Waals surface area contributed by atoms with E-state index in [0.29, 0.717) is 32.8 Å². The lowest BCUT2D eigenvalue weighted by Crippen LogP contribution is -2.25. The third-order valence-electron chi connectivity index (χ3n) is 3.82. The lowest BCUT2D eigenvalue weighted by molar-refractivity contribution is -0.123. The maximum Gasteiger partial charge on any atom is 0.270 e. The van der Waals surface area contributed by atoms with Crippen LogP contribution in [0.1, 0.15) is 11.7 Å². The van der Waals surface area contributed by atoms with E-state index in [0.717, 1.165) is 0 Å². The molecule has 1 atom stereocenters. The molecule has 0 fully saturated rings. The number of ether oxygens (including phenoxy) is 2. The van der Waals surface area contributed by atoms with Crippen LogP contribution >= 0.6 is 23.2 Å². The largest absolute Gasteiger partial charge is 0.497 e. The Labute approximate surface area is 167 Å². The minimum absolute atomic E-state index is 0.331. The Hall–Kier alpha value is -2.69. The van der Waals surface area contributed by atoms with Gasteiger partial charge in [0.05, 0.1) is 12.1 Å². The molecule has 0 aliphatic carbocycles. The predicted molar refractivity (Wildman–Crippen MR) is 108 cm³/mol. The van der Waals surface area contributed by atoms with Gasteiger partial charge in [-0.1, -0.05) is 59.6 Å². The first kappa shape index (κ1) is 19.1. The molecule has 0 aliphatic heterocycles. The fourth-order valence-electron chi connectivity index (χ4n) is 2.51. The molecule has 3 aromatic carbocycles. The van der Waals surface area contributed by atoms with Crippen molar-refractivity contribution in [2.45, 2.75) is 6.10 Å². The highest BCUT2D eigenvalue weighted by molar-refractivity contribution is 6.35. The summed E-state index contributed by atoms with van der Waals surface area (Å²) in [6, 6.07) is 21.2. The Morgan fingerprint density at radius 3 is 2.44 bits per heavy atom. The van der Waals surface area contributed by atoms with Gasteiger partial charge >= 0.3 is 0 Å². The first-order valence-electron chi connectivity index (χ1n) is 8.18. The lowest BCUT2D eigenvalue weighted by atomic mass is 10.1. The van der Waals surface area contributed by atoms with Gasteiger partial charge in [-0.2, -0.15) is 0 Å². The van der Waals surface area contributed by atoms with E-state index in [1.165, 1.54) is 0 Å². The Morgan fingerprint density at radius 1 is 0.963 bits per heavy atom. The topological polar surface area (TPSA) is 47.6 Å². The van der Waals surface area contributed by atoms with E-state index < -0.39 is 6.10 Å². The second-order valence-electron chi connectivity index (χ2n) is 5.70. The molecule has 0 heterocycles. The van der Waals surface area contributed by atoms with Crippen molar-refractivity contribution in [3.63, 3.8) is 0 Å². The SMILES string of the molecule is COc1cccc(NC(=O)C(Oc2ccc(Cl)cc2Cl)c2ccccc2)c1. The molecule has 0 aliphatic rings. The zero-order chi connectivity index (χ0) is 19.2. The number of halogens is 2. The van der Waals surface area contributed by atoms with E-state index in [9.17, 15) is 4.79 Å². The minimum atomic E-state index is -0.893. The number of carbonyl (C=O) groups excluding carboxylic acids is 1. The smallest absolute Gasteiger partial charge is 0.270 e. The number of benzene rings is 3. The maximum atomic E-state index is 12.9. The second kappa shape index (κ2) is 8.80. The summed E-state index contributed by atoms with van der Waals surface area (Å²) in [5, 5.41) is 3.67. The van der Waals surface area contributed by atoms with Crippen LogP contribution in [0.25, 0.3) is 0 Å². The molecular formula is C21H17Cl2NO3. The van der Waals surface area contributed by atoms with E-state index in [1.807, 2.05) is 30.3 Å². The molecule has 1 unspecified atom stereocenters. The fourth-order valence-corrected chi connectivity index (χ4v) is 2.96. The fraction of sp³-hybridized carbons (Fsp3) is 0.0952. The van der Waals surface area contributed by atoms with Gasteiger partial charge in [0.15, 0.2) is 0 Å². The van der Waals surface area contributed by atoms with Gasteiger partial charge in [0.2, 0.25) is 6.10 Å². The van der Waals surface area contributed by atoms with Crippen LogP contribution in [0, 0.1) is 0 Å². The van der Waals surface area contributed by atoms with Crippen molar-refractivity contribution in [1.82, 2.24) is 0 Å². The van der Waals surface area contributed by atoms with Gasteiger partial charge in [0.1, 0.15) is 11.5 Å². The summed E-state index contributed by atoms with van der Waals surface area (Å²) >= 11 is 12.1. The highest BCUT2D eigenvalue weighted by Crippen LogP contribution is 2.32. The average Bonchev–Trinajstić information content (AvgIpc) is 2.68. The molecular weight excluding hydrogens is 385 g/mol. The van der Waals surface area contributed by atoms with Crippen molar-refractivity contribution >= 4 is 34.8 Å². The maximum absolute atomic E-state index is 12.9. The molecule has 0 bridgehead atoms. The minimum Gasteiger partial charge on any atom is -0.497 e. The molecule has 27 heavy (non-hydrogen) atoms. The molecule has 3 aromatic rings. The number of nitrogens with one attached hydrogen (secondary N) is 1. The standard InChI is InChI=1S/C21H17Cl2NO3/c1-26-17-9-5-8-16(13-17)24-21(25)20(14-6-3-2-4-7-14)27-19-11-10-15(22)12-18(19)23/h2-13,20H,1H3,(H,24,25). The number of rotatable bonds is 6. The molecule has 0 spiro atoms. The third-order valence-corrected chi connectivity index (χ3v) is 4.35. The summed E-state index contributed by atoms with van der Waals surface area (Å²) in [5.41, 5.74) is 1.30. The van der Waals surface area contributed by atoms with Crippen LogP contribution in [-0.4, -0.2) is 13.0 Å². The number of carbonyl (C=O) groups is 1. The lowest BCUT2D eigenvalue weighted by Gasteiger charge is -2.20. The molecule has 0 radical (unpaired) electrons. The number of hydrogen-bond acceptors (Lipinski definition) is 3. The monoisotopic (exact) mass is 401 g/mol. The van der Waals surface area contributed by atoms with Crippen LogP contribution in [-0.2, 0) is 4.79 Å². The zero-order valence-electron chi connectivity index (χ0n) is 14.5. The number of hydrogen-bond donors (Lipinski definition) is 1. The summed E-state index contributed by atoms with van der Waals surface area (Å²) in [6.45, 7) is 0. The van der Waals surface area contributed by atoms with Gasteiger partial charge in [0, 0.05) is 22.3 Å². The predicted octanol–water partition coefficient (Wildman–Crippen LogP) is 5.76. The summed E-state index contributed by atoms with van der Waals surface area (Å²) in [6.07, 6.45) is -0.893. The van der Waals surface area contributed by atoms with Crippen LogP contribution in [0.4, 0.5) is 5.69 Å². The van der Waals surface area contributed by atoms with Gasteiger partial charge in [-0.05, 0) is 30.3 Å². The summed E-state index contributed by atoms with van der Waals surface area (Å²) in [7, 11) is 1.57. The molecule has 4 nitrogen and oxygen atoms in total. The second-order valence-corrected chi connectivity index (χ2v) is 6.55. The Morgan fingerprint density at radius 2 is 1.74 bits per heavy atom. The van der Waals surface area contributed by atoms with E-state index in [-0.39, 0.29) is 5.91 Å². The summed E-state index contributed by atoms with van der Waals surface area (Å²) in [4.78, 5) is 12.9. The molecule has 1 N–H and O–H groups in total. The van der Waals surface area contributed by atoms with Gasteiger partial charge in [-0.25, -0.2) is 0 Å². The quantitative estimate of drug-likeness (QED) is 0.570. The van der Waals surface area contributed by atoms with Crippen molar-refractivity contribution in [2.75, 3.05) is 12.4 Å². The first-order chi connectivity index (χ1) is 13.1. The summed E-state index contributed by atoms with van der Waals surface area (Å²) < 4.78 is 11.1. The van der Waals surface area contributed by atoms with E-state index in [1.54, 1.807) is 49.6 Å². The van der Waals surface area contributed by atoms with Crippen LogP contribution in [0.3, 0.4) is 0 Å². The van der Waals surface area contributed by atoms with Crippen LogP contribution < -0.4 is 14.8 Å². The highest BCUT2D eigenvalue weighted by Gasteiger charge is 2.24. The Balaban J connectivity index is 1.88. The van der Waals surface area contributed by atoms with Gasteiger partial charge in [-0.3, -0.25) is 4.79 Å². The van der Waals surface area contributed by atoms with Crippen molar-refractivity contribution in [2.24, 2.45) is 0 Å². The molecule has 0 saturated carbocycles. The van der Waals surface area contributed by atoms with Crippen LogP contribution in [0.2, 0.25) is 10.0 Å². The molecule has 138 valence electrons. The van der Waals surface area contributed by atoms with Crippen molar-refractivity contribution in [1.29, 1.82) is 0 Å². The molecule has 0 aromatic heterocycles. The highest BCUT2D eigenvalue weighted by atomic mass is 35.5. The number of methoxy groups -OCH3 is 1. The Kier molecular flexibility index (Phi) is 6.22. The van der Waals surface area contributed by atoms with Crippen molar-refractivity contribution in [3.05, 3.63) is 88.4 Å². The first-order valence-corrected chi connectivity index (χ1v) is 8.94. The van der Waals surface area contributed by atoms with Crippen LogP contribution in [0.5, 0.6) is 11.5 Å². The normalized spacial score (nSPS) is 11.5. The number of anilines is 1. The average molecular weight is 402 g/mol. The molecule has 6 heteroatoms. The molecule has 1 amide bonds. The van der Waals surface area contributed by atoms with E-state index in [4.69, 9.17) is 32.7 Å². The van der Waals surface area contributed by atoms with Crippen molar-refractivity contribution < 1.29 is 14.3 Å². The van der Waals surface area contributed by atoms with Crippen molar-refractivity contribution in [3.8, 4) is 11.5 Å². The molecule has 0 saturated heterocycles. The third kappa shape index (κ3) is 4.94. The zero-order valence-corrected chi connectivity index (χ0v) is 16.0. The summed E-state index contributed by atoms with van der Waals surface area (Å²) in [5.74, 6) is 0.682. The Bertz CT molecular complexity index is 932. The van der Waals surface area contributed by atoms with Gasteiger partial charge < -0.3 is 14.8 Å². The van der Waals surface area contributed by atoms with Gasteiger partial charge in [0.25, 0.3) is 5.91 Å². The van der Waals surface area contributed by atoms with E-state index in [2.05, 4.69) is 5.32 Å². The number of amides is 1. The molecule has 3 rings (SSSR count).